The molecule has 0 spiro atoms. The van der Waals surface area contributed by atoms with E-state index in [1.807, 2.05) is 36.6 Å². The Morgan fingerprint density at radius 1 is 1.21 bits per heavy atom. The average Bonchev–Trinajstić information content (AvgIpc) is 3.35. The standard InChI is InChI=1S/C21H18N2O4S/c1-3-26-17-9-5-6-13-11-18(27-19(13)17)16-12-28-21(22-16)23-20(24)14-7-4-8-15(10-14)25-2/h4-12H,3H2,1-2H3,(H,22,23,24). The predicted molar refractivity (Wildman–Crippen MR) is 109 cm³/mol. The van der Waals surface area contributed by atoms with Gasteiger partial charge in [0.15, 0.2) is 22.2 Å². The van der Waals surface area contributed by atoms with Crippen LogP contribution in [0.25, 0.3) is 22.4 Å². The Morgan fingerprint density at radius 3 is 2.89 bits per heavy atom. The van der Waals surface area contributed by atoms with Crippen LogP contribution in [0, 0.1) is 0 Å². The van der Waals surface area contributed by atoms with Crippen molar-refractivity contribution in [1.82, 2.24) is 4.98 Å². The van der Waals surface area contributed by atoms with Gasteiger partial charge < -0.3 is 13.9 Å². The fraction of sp³-hybridized carbons (Fsp3) is 0.143. The highest BCUT2D eigenvalue weighted by Crippen LogP contribution is 2.34. The zero-order valence-corrected chi connectivity index (χ0v) is 16.2. The van der Waals surface area contributed by atoms with Crippen molar-refractivity contribution in [2.24, 2.45) is 0 Å². The van der Waals surface area contributed by atoms with Gasteiger partial charge in [0.1, 0.15) is 11.4 Å². The van der Waals surface area contributed by atoms with Gasteiger partial charge in [0.05, 0.1) is 13.7 Å². The lowest BCUT2D eigenvalue weighted by Gasteiger charge is -2.04. The number of anilines is 1. The molecule has 0 atom stereocenters. The quantitative estimate of drug-likeness (QED) is 0.486. The molecule has 0 aliphatic heterocycles. The molecule has 1 N–H and O–H groups in total. The second kappa shape index (κ2) is 7.74. The number of nitrogens with one attached hydrogen (secondary N) is 1. The lowest BCUT2D eigenvalue weighted by atomic mass is 10.2. The molecule has 7 heteroatoms. The third-order valence-corrected chi connectivity index (χ3v) is 4.87. The van der Waals surface area contributed by atoms with E-state index < -0.39 is 0 Å². The van der Waals surface area contributed by atoms with Crippen molar-refractivity contribution in [3.05, 3.63) is 59.5 Å². The molecular weight excluding hydrogens is 376 g/mol. The number of para-hydroxylation sites is 1. The second-order valence-electron chi connectivity index (χ2n) is 5.94. The van der Waals surface area contributed by atoms with E-state index in [2.05, 4.69) is 10.3 Å². The van der Waals surface area contributed by atoms with Crippen molar-refractivity contribution in [2.75, 3.05) is 19.0 Å². The molecule has 2 aromatic carbocycles. The maximum atomic E-state index is 12.4. The molecule has 1 amide bonds. The van der Waals surface area contributed by atoms with Crippen LogP contribution in [0.4, 0.5) is 5.13 Å². The molecular formula is C21H18N2O4S. The van der Waals surface area contributed by atoms with Gasteiger partial charge in [-0.3, -0.25) is 10.1 Å². The summed E-state index contributed by atoms with van der Waals surface area (Å²) < 4.78 is 16.7. The van der Waals surface area contributed by atoms with E-state index >= 15 is 0 Å². The largest absolute Gasteiger partial charge is 0.497 e. The molecule has 2 aromatic heterocycles. The first-order valence-electron chi connectivity index (χ1n) is 8.74. The number of hydrogen-bond acceptors (Lipinski definition) is 6. The molecule has 0 unspecified atom stereocenters. The van der Waals surface area contributed by atoms with Gasteiger partial charge in [-0.05, 0) is 37.3 Å². The summed E-state index contributed by atoms with van der Waals surface area (Å²) >= 11 is 1.34. The summed E-state index contributed by atoms with van der Waals surface area (Å²) in [4.78, 5) is 16.9. The third kappa shape index (κ3) is 3.57. The normalized spacial score (nSPS) is 10.8. The number of aromatic nitrogens is 1. The number of hydrogen-bond donors (Lipinski definition) is 1. The minimum absolute atomic E-state index is 0.247. The van der Waals surface area contributed by atoms with Crippen molar-refractivity contribution < 1.29 is 18.7 Å². The lowest BCUT2D eigenvalue weighted by Crippen LogP contribution is -2.11. The number of ether oxygens (including phenoxy) is 2. The average molecular weight is 394 g/mol. The summed E-state index contributed by atoms with van der Waals surface area (Å²) in [5, 5.41) is 6.09. The monoisotopic (exact) mass is 394 g/mol. The maximum Gasteiger partial charge on any atom is 0.257 e. The van der Waals surface area contributed by atoms with E-state index in [-0.39, 0.29) is 5.91 Å². The summed E-state index contributed by atoms with van der Waals surface area (Å²) in [7, 11) is 1.56. The lowest BCUT2D eigenvalue weighted by molar-refractivity contribution is 0.102. The number of thiazole rings is 1. The van der Waals surface area contributed by atoms with E-state index in [9.17, 15) is 4.79 Å². The number of rotatable bonds is 6. The first kappa shape index (κ1) is 18.1. The molecule has 0 aliphatic rings. The van der Waals surface area contributed by atoms with Crippen molar-refractivity contribution in [3.8, 4) is 23.0 Å². The minimum Gasteiger partial charge on any atom is -0.497 e. The van der Waals surface area contributed by atoms with Gasteiger partial charge in [0, 0.05) is 16.3 Å². The van der Waals surface area contributed by atoms with Crippen LogP contribution >= 0.6 is 11.3 Å². The highest BCUT2D eigenvalue weighted by atomic mass is 32.1. The van der Waals surface area contributed by atoms with Crippen molar-refractivity contribution >= 4 is 33.3 Å². The highest BCUT2D eigenvalue weighted by Gasteiger charge is 2.15. The zero-order chi connectivity index (χ0) is 19.5. The van der Waals surface area contributed by atoms with Gasteiger partial charge in [0.25, 0.3) is 5.91 Å². The molecule has 4 rings (SSSR count). The van der Waals surface area contributed by atoms with E-state index in [1.165, 1.54) is 11.3 Å². The van der Waals surface area contributed by atoms with Crippen LogP contribution in [0.5, 0.6) is 11.5 Å². The maximum absolute atomic E-state index is 12.4. The molecule has 4 aromatic rings. The number of fused-ring (bicyclic) bond motifs is 1. The number of nitrogens with zero attached hydrogens (tertiary/aromatic N) is 1. The molecule has 0 saturated carbocycles. The van der Waals surface area contributed by atoms with Crippen molar-refractivity contribution in [2.45, 2.75) is 6.92 Å². The predicted octanol–water partition coefficient (Wildman–Crippen LogP) is 5.22. The first-order valence-corrected chi connectivity index (χ1v) is 9.62. The molecule has 2 heterocycles. The SMILES string of the molecule is CCOc1cccc2cc(-c3csc(NC(=O)c4cccc(OC)c4)n3)oc12. The molecule has 28 heavy (non-hydrogen) atoms. The Bertz CT molecular complexity index is 1130. The van der Waals surface area contributed by atoms with Gasteiger partial charge in [-0.25, -0.2) is 4.98 Å². The number of carbonyl (C=O) groups is 1. The van der Waals surface area contributed by atoms with Crippen LogP contribution in [0.1, 0.15) is 17.3 Å². The third-order valence-electron chi connectivity index (χ3n) is 4.12. The molecule has 142 valence electrons. The fourth-order valence-corrected chi connectivity index (χ4v) is 3.50. The van der Waals surface area contributed by atoms with Crippen LogP contribution < -0.4 is 14.8 Å². The fourth-order valence-electron chi connectivity index (χ4n) is 2.81. The smallest absolute Gasteiger partial charge is 0.257 e. The van der Waals surface area contributed by atoms with Crippen LogP contribution in [-0.4, -0.2) is 24.6 Å². The summed E-state index contributed by atoms with van der Waals surface area (Å²) in [5.41, 5.74) is 1.85. The van der Waals surface area contributed by atoms with E-state index in [4.69, 9.17) is 13.9 Å². The van der Waals surface area contributed by atoms with Gasteiger partial charge in [-0.2, -0.15) is 0 Å². The van der Waals surface area contributed by atoms with E-state index in [1.54, 1.807) is 31.4 Å². The number of carbonyl (C=O) groups excluding carboxylic acids is 1. The first-order chi connectivity index (χ1) is 13.7. The summed E-state index contributed by atoms with van der Waals surface area (Å²) in [6.45, 7) is 2.49. The minimum atomic E-state index is -0.247. The van der Waals surface area contributed by atoms with Gasteiger partial charge in [-0.15, -0.1) is 11.3 Å². The Balaban J connectivity index is 1.56. The molecule has 6 nitrogen and oxygen atoms in total. The number of methoxy groups -OCH3 is 1. The van der Waals surface area contributed by atoms with Crippen LogP contribution in [0.2, 0.25) is 0 Å². The van der Waals surface area contributed by atoms with Crippen molar-refractivity contribution in [1.29, 1.82) is 0 Å². The molecule has 0 saturated heterocycles. The zero-order valence-electron chi connectivity index (χ0n) is 15.4. The topological polar surface area (TPSA) is 73.6 Å². The highest BCUT2D eigenvalue weighted by molar-refractivity contribution is 7.14. The molecule has 0 radical (unpaired) electrons. The summed E-state index contributed by atoms with van der Waals surface area (Å²) in [6.07, 6.45) is 0. The van der Waals surface area contributed by atoms with E-state index in [0.717, 1.165) is 5.39 Å². The van der Waals surface area contributed by atoms with Crippen molar-refractivity contribution in [3.63, 3.8) is 0 Å². The van der Waals surface area contributed by atoms with Gasteiger partial charge in [-0.1, -0.05) is 18.2 Å². The molecule has 0 aliphatic carbocycles. The second-order valence-corrected chi connectivity index (χ2v) is 6.80. The van der Waals surface area contributed by atoms with Gasteiger partial charge in [0.2, 0.25) is 0 Å². The Morgan fingerprint density at radius 2 is 2.07 bits per heavy atom. The Labute approximate surface area is 165 Å². The summed E-state index contributed by atoms with van der Waals surface area (Å²) in [5.74, 6) is 1.70. The van der Waals surface area contributed by atoms with E-state index in [0.29, 0.717) is 45.8 Å². The van der Waals surface area contributed by atoms with Crippen LogP contribution in [0.15, 0.2) is 58.3 Å². The Kier molecular flexibility index (Phi) is 4.99. The number of benzene rings is 2. The number of furan rings is 1. The van der Waals surface area contributed by atoms with Crippen LogP contribution in [-0.2, 0) is 0 Å². The molecule has 0 fully saturated rings. The van der Waals surface area contributed by atoms with Crippen LogP contribution in [0.3, 0.4) is 0 Å². The molecule has 0 bridgehead atoms. The summed E-state index contributed by atoms with van der Waals surface area (Å²) in [6, 6.07) is 14.6. The Hall–Kier alpha value is -3.32. The van der Waals surface area contributed by atoms with Gasteiger partial charge >= 0.3 is 0 Å². The number of amides is 1.